The Hall–Kier alpha value is -0.960. The molecule has 0 spiro atoms. The largest absolute Gasteiger partial charge is 0.468 e. The minimum absolute atomic E-state index is 0.120. The maximum Gasteiger partial charge on any atom is 0.120 e. The molecule has 0 saturated carbocycles. The second-order valence-electron chi connectivity index (χ2n) is 4.29. The Morgan fingerprint density at radius 3 is 2.50 bits per heavy atom. The Labute approximate surface area is 117 Å². The van der Waals surface area contributed by atoms with Crippen molar-refractivity contribution in [3.63, 3.8) is 0 Å². The van der Waals surface area contributed by atoms with Crippen molar-refractivity contribution in [2.45, 2.75) is 25.9 Å². The van der Waals surface area contributed by atoms with Crippen LogP contribution in [0.15, 0.2) is 41.0 Å². The van der Waals surface area contributed by atoms with Gasteiger partial charge in [-0.1, -0.05) is 29.3 Å². The van der Waals surface area contributed by atoms with Gasteiger partial charge in [0.05, 0.1) is 12.3 Å². The van der Waals surface area contributed by atoms with Gasteiger partial charge in [-0.05, 0) is 43.7 Å². The molecule has 4 heteroatoms. The Bertz CT molecular complexity index is 511. The fraction of sp³-hybridized carbons (Fsp3) is 0.286. The van der Waals surface area contributed by atoms with Crippen LogP contribution in [0.1, 0.15) is 37.3 Å². The van der Waals surface area contributed by atoms with Gasteiger partial charge in [0.15, 0.2) is 0 Å². The molecule has 0 aliphatic carbocycles. The molecule has 1 aromatic heterocycles. The maximum absolute atomic E-state index is 6.18. The van der Waals surface area contributed by atoms with Crippen molar-refractivity contribution in [1.82, 2.24) is 5.32 Å². The van der Waals surface area contributed by atoms with E-state index in [0.717, 1.165) is 11.3 Å². The van der Waals surface area contributed by atoms with Gasteiger partial charge in [0.2, 0.25) is 0 Å². The van der Waals surface area contributed by atoms with Crippen LogP contribution in [0.25, 0.3) is 0 Å². The summed E-state index contributed by atoms with van der Waals surface area (Å²) < 4.78 is 5.36. The normalized spacial score (nSPS) is 14.4. The Morgan fingerprint density at radius 1 is 1.11 bits per heavy atom. The van der Waals surface area contributed by atoms with E-state index in [1.54, 1.807) is 12.3 Å². The first-order valence-electron chi connectivity index (χ1n) is 5.82. The van der Waals surface area contributed by atoms with Crippen LogP contribution in [0.3, 0.4) is 0 Å². The van der Waals surface area contributed by atoms with E-state index in [4.69, 9.17) is 27.6 Å². The van der Waals surface area contributed by atoms with Crippen LogP contribution >= 0.6 is 23.2 Å². The quantitative estimate of drug-likeness (QED) is 0.854. The SMILES string of the molecule is CC(NC(C)c1ccc(Cl)cc1Cl)c1ccco1. The molecule has 2 atom stereocenters. The molecule has 0 saturated heterocycles. The number of rotatable bonds is 4. The highest BCUT2D eigenvalue weighted by atomic mass is 35.5. The van der Waals surface area contributed by atoms with Crippen molar-refractivity contribution in [2.75, 3.05) is 0 Å². The Balaban J connectivity index is 2.10. The topological polar surface area (TPSA) is 25.2 Å². The smallest absolute Gasteiger partial charge is 0.120 e. The van der Waals surface area contributed by atoms with Crippen LogP contribution < -0.4 is 5.32 Å². The minimum atomic E-state index is 0.120. The molecule has 1 aromatic carbocycles. The highest BCUT2D eigenvalue weighted by molar-refractivity contribution is 6.35. The van der Waals surface area contributed by atoms with Gasteiger partial charge in [-0.25, -0.2) is 0 Å². The first kappa shape index (κ1) is 13.5. The first-order chi connectivity index (χ1) is 8.58. The molecule has 2 aromatic rings. The molecule has 0 aliphatic rings. The third-order valence-electron chi connectivity index (χ3n) is 2.90. The molecule has 0 bridgehead atoms. The monoisotopic (exact) mass is 283 g/mol. The highest BCUT2D eigenvalue weighted by Crippen LogP contribution is 2.27. The standard InChI is InChI=1S/C14H15Cl2NO/c1-9(12-6-5-11(15)8-13(12)16)17-10(2)14-4-3-7-18-14/h3-10,17H,1-2H3. The number of hydrogen-bond donors (Lipinski definition) is 1. The molecule has 0 radical (unpaired) electrons. The minimum Gasteiger partial charge on any atom is -0.468 e. The summed E-state index contributed by atoms with van der Waals surface area (Å²) in [6.45, 7) is 4.12. The van der Waals surface area contributed by atoms with Crippen LogP contribution in [-0.4, -0.2) is 0 Å². The Kier molecular flexibility index (Phi) is 4.33. The summed E-state index contributed by atoms with van der Waals surface area (Å²) in [5.41, 5.74) is 1.03. The van der Waals surface area contributed by atoms with Gasteiger partial charge in [-0.2, -0.15) is 0 Å². The molecule has 2 rings (SSSR count). The lowest BCUT2D eigenvalue weighted by Crippen LogP contribution is -2.22. The van der Waals surface area contributed by atoms with Gasteiger partial charge in [0, 0.05) is 16.1 Å². The van der Waals surface area contributed by atoms with Crippen LogP contribution in [0, 0.1) is 0 Å². The molecular formula is C14H15Cl2NO. The summed E-state index contributed by atoms with van der Waals surface area (Å²) >= 11 is 12.1. The third kappa shape index (κ3) is 3.08. The summed E-state index contributed by atoms with van der Waals surface area (Å²) in [7, 11) is 0. The van der Waals surface area contributed by atoms with Crippen molar-refractivity contribution < 1.29 is 4.42 Å². The van der Waals surface area contributed by atoms with E-state index in [1.807, 2.05) is 24.3 Å². The molecular weight excluding hydrogens is 269 g/mol. The van der Waals surface area contributed by atoms with Crippen LogP contribution in [0.5, 0.6) is 0 Å². The predicted molar refractivity (Wildman–Crippen MR) is 75.1 cm³/mol. The van der Waals surface area contributed by atoms with E-state index in [-0.39, 0.29) is 12.1 Å². The first-order valence-corrected chi connectivity index (χ1v) is 6.58. The van der Waals surface area contributed by atoms with E-state index < -0.39 is 0 Å². The van der Waals surface area contributed by atoms with Crippen molar-refractivity contribution in [3.05, 3.63) is 58.0 Å². The number of nitrogens with one attached hydrogen (secondary N) is 1. The van der Waals surface area contributed by atoms with Gasteiger partial charge in [-0.3, -0.25) is 0 Å². The zero-order valence-corrected chi connectivity index (χ0v) is 11.8. The van der Waals surface area contributed by atoms with Gasteiger partial charge in [0.25, 0.3) is 0 Å². The van der Waals surface area contributed by atoms with Crippen molar-refractivity contribution >= 4 is 23.2 Å². The van der Waals surface area contributed by atoms with Gasteiger partial charge < -0.3 is 9.73 Å². The van der Waals surface area contributed by atoms with Gasteiger partial charge in [0.1, 0.15) is 5.76 Å². The lowest BCUT2D eigenvalue weighted by Gasteiger charge is -2.20. The second kappa shape index (κ2) is 5.79. The van der Waals surface area contributed by atoms with Crippen LogP contribution in [-0.2, 0) is 0 Å². The van der Waals surface area contributed by atoms with Crippen LogP contribution in [0.2, 0.25) is 10.0 Å². The number of hydrogen-bond acceptors (Lipinski definition) is 2. The lowest BCUT2D eigenvalue weighted by atomic mass is 10.1. The highest BCUT2D eigenvalue weighted by Gasteiger charge is 2.15. The Morgan fingerprint density at radius 2 is 1.89 bits per heavy atom. The molecule has 0 fully saturated rings. The molecule has 96 valence electrons. The van der Waals surface area contributed by atoms with Crippen molar-refractivity contribution in [1.29, 1.82) is 0 Å². The molecule has 1 heterocycles. The molecule has 2 unspecified atom stereocenters. The fourth-order valence-corrected chi connectivity index (χ4v) is 2.51. The number of furan rings is 1. The van der Waals surface area contributed by atoms with E-state index >= 15 is 0 Å². The molecule has 2 nitrogen and oxygen atoms in total. The maximum atomic E-state index is 6.18. The average Bonchev–Trinajstić information content (AvgIpc) is 2.81. The molecule has 0 aliphatic heterocycles. The summed E-state index contributed by atoms with van der Waals surface area (Å²) in [4.78, 5) is 0. The summed E-state index contributed by atoms with van der Waals surface area (Å²) in [6.07, 6.45) is 1.67. The van der Waals surface area contributed by atoms with E-state index in [0.29, 0.717) is 10.0 Å². The average molecular weight is 284 g/mol. The van der Waals surface area contributed by atoms with Crippen LogP contribution in [0.4, 0.5) is 0 Å². The molecule has 18 heavy (non-hydrogen) atoms. The summed E-state index contributed by atoms with van der Waals surface area (Å²) in [5, 5.41) is 4.76. The molecule has 0 amide bonds. The lowest BCUT2D eigenvalue weighted by molar-refractivity contribution is 0.403. The zero-order chi connectivity index (χ0) is 13.1. The zero-order valence-electron chi connectivity index (χ0n) is 10.3. The summed E-state index contributed by atoms with van der Waals surface area (Å²) in [6, 6.07) is 9.63. The molecule has 1 N–H and O–H groups in total. The second-order valence-corrected chi connectivity index (χ2v) is 5.13. The van der Waals surface area contributed by atoms with E-state index in [9.17, 15) is 0 Å². The van der Waals surface area contributed by atoms with E-state index in [2.05, 4.69) is 19.2 Å². The van der Waals surface area contributed by atoms with Gasteiger partial charge in [-0.15, -0.1) is 0 Å². The predicted octanol–water partition coefficient (Wildman–Crippen LogP) is 5.00. The summed E-state index contributed by atoms with van der Waals surface area (Å²) in [5.74, 6) is 0.909. The van der Waals surface area contributed by atoms with Gasteiger partial charge >= 0.3 is 0 Å². The van der Waals surface area contributed by atoms with Crippen molar-refractivity contribution in [3.8, 4) is 0 Å². The number of halogens is 2. The fourth-order valence-electron chi connectivity index (χ4n) is 1.94. The van der Waals surface area contributed by atoms with E-state index in [1.165, 1.54) is 0 Å². The third-order valence-corrected chi connectivity index (χ3v) is 3.46. The van der Waals surface area contributed by atoms with Crippen molar-refractivity contribution in [2.24, 2.45) is 0 Å². The number of benzene rings is 1.